The van der Waals surface area contributed by atoms with Crippen LogP contribution in [0.1, 0.15) is 24.2 Å². The van der Waals surface area contributed by atoms with Gasteiger partial charge in [-0.1, -0.05) is 12.1 Å². The Morgan fingerprint density at radius 3 is 2.76 bits per heavy atom. The highest BCUT2D eigenvalue weighted by Gasteiger charge is 2.30. The van der Waals surface area contributed by atoms with E-state index in [2.05, 4.69) is 19.2 Å². The number of nitrogens with zero attached hydrogens (tertiary/aromatic N) is 1. The molecule has 0 spiro atoms. The molecule has 6 nitrogen and oxygen atoms in total. The third kappa shape index (κ3) is 3.95. The van der Waals surface area contributed by atoms with Gasteiger partial charge in [0.1, 0.15) is 5.75 Å². The number of carbonyl (C=O) groups is 2. The van der Waals surface area contributed by atoms with E-state index in [9.17, 15) is 9.59 Å². The molecule has 21 heavy (non-hydrogen) atoms. The molecule has 1 aliphatic rings. The van der Waals surface area contributed by atoms with Crippen molar-refractivity contribution in [1.29, 1.82) is 0 Å². The van der Waals surface area contributed by atoms with E-state index in [1.165, 1.54) is 0 Å². The number of hydrogen-bond donors (Lipinski definition) is 2. The Balaban J connectivity index is 2.17. The Hall–Kier alpha value is -2.08. The van der Waals surface area contributed by atoms with Crippen molar-refractivity contribution in [3.63, 3.8) is 0 Å². The number of nitrogens with two attached hydrogens (primary N) is 1. The molecule has 0 saturated carbocycles. The van der Waals surface area contributed by atoms with E-state index in [-0.39, 0.29) is 18.1 Å². The van der Waals surface area contributed by atoms with Crippen LogP contribution >= 0.6 is 0 Å². The zero-order valence-corrected chi connectivity index (χ0v) is 12.4. The monoisotopic (exact) mass is 291 g/mol. The normalized spacial score (nSPS) is 17.3. The highest BCUT2D eigenvalue weighted by Crippen LogP contribution is 2.21. The van der Waals surface area contributed by atoms with Crippen LogP contribution in [0.15, 0.2) is 24.3 Å². The van der Waals surface area contributed by atoms with Crippen molar-refractivity contribution in [1.82, 2.24) is 10.2 Å². The van der Waals surface area contributed by atoms with Crippen molar-refractivity contribution < 1.29 is 14.3 Å². The number of para-hydroxylation sites is 1. The molecule has 114 valence electrons. The van der Waals surface area contributed by atoms with Crippen LogP contribution in [0.25, 0.3) is 0 Å². The summed E-state index contributed by atoms with van der Waals surface area (Å²) in [6.07, 6.45) is 0. The Bertz CT molecular complexity index is 543. The Morgan fingerprint density at radius 1 is 1.38 bits per heavy atom. The fraction of sp³-hybridized carbons (Fsp3) is 0.467. The number of benzene rings is 1. The van der Waals surface area contributed by atoms with Gasteiger partial charge in [0.15, 0.2) is 6.61 Å². The molecule has 0 aliphatic carbocycles. The van der Waals surface area contributed by atoms with Crippen LogP contribution in [0.5, 0.6) is 5.75 Å². The third-order valence-corrected chi connectivity index (χ3v) is 3.35. The van der Waals surface area contributed by atoms with Gasteiger partial charge in [-0.3, -0.25) is 9.59 Å². The summed E-state index contributed by atoms with van der Waals surface area (Å²) in [6, 6.07) is 6.91. The topological polar surface area (TPSA) is 84.7 Å². The van der Waals surface area contributed by atoms with E-state index in [1.807, 2.05) is 0 Å². The summed E-state index contributed by atoms with van der Waals surface area (Å²) in [6.45, 7) is 5.90. The summed E-state index contributed by atoms with van der Waals surface area (Å²) < 4.78 is 5.32. The van der Waals surface area contributed by atoms with Crippen LogP contribution in [0.2, 0.25) is 0 Å². The molecule has 0 atom stereocenters. The van der Waals surface area contributed by atoms with Crippen molar-refractivity contribution >= 4 is 11.8 Å². The van der Waals surface area contributed by atoms with Gasteiger partial charge >= 0.3 is 0 Å². The Labute approximate surface area is 124 Å². The lowest BCUT2D eigenvalue weighted by molar-refractivity contribution is -0.119. The first kappa shape index (κ1) is 15.3. The molecular formula is C15H21N3O3. The van der Waals surface area contributed by atoms with Gasteiger partial charge in [-0.25, -0.2) is 0 Å². The smallest absolute Gasteiger partial charge is 0.257 e. The second-order valence-electron chi connectivity index (χ2n) is 5.79. The number of carbonyl (C=O) groups excluding carboxylic acids is 2. The summed E-state index contributed by atoms with van der Waals surface area (Å²) in [7, 11) is 0. The largest absolute Gasteiger partial charge is 0.483 e. The van der Waals surface area contributed by atoms with Gasteiger partial charge in [0.25, 0.3) is 11.8 Å². The van der Waals surface area contributed by atoms with Crippen molar-refractivity contribution in [2.24, 2.45) is 5.73 Å². The number of ether oxygens (including phenoxy) is 1. The first-order chi connectivity index (χ1) is 9.89. The molecule has 2 amide bonds. The Kier molecular flexibility index (Phi) is 4.47. The minimum atomic E-state index is -0.569. The van der Waals surface area contributed by atoms with Gasteiger partial charge < -0.3 is 20.7 Å². The van der Waals surface area contributed by atoms with E-state index in [0.717, 1.165) is 6.54 Å². The molecule has 1 aliphatic heterocycles. The highest BCUT2D eigenvalue weighted by atomic mass is 16.5. The lowest BCUT2D eigenvalue weighted by Gasteiger charge is -2.39. The summed E-state index contributed by atoms with van der Waals surface area (Å²) >= 11 is 0. The first-order valence-electron chi connectivity index (χ1n) is 6.93. The van der Waals surface area contributed by atoms with E-state index in [0.29, 0.717) is 24.4 Å². The number of rotatable bonds is 4. The molecule has 1 aromatic rings. The lowest BCUT2D eigenvalue weighted by Crippen LogP contribution is -2.58. The standard InChI is InChI=1S/C15H21N3O3/c1-15(2)10-18(8-7-17-15)14(20)11-5-3-4-6-12(11)21-9-13(16)19/h3-6,17H,7-10H2,1-2H3,(H2,16,19). The van der Waals surface area contributed by atoms with Gasteiger partial charge in [-0.15, -0.1) is 0 Å². The second-order valence-corrected chi connectivity index (χ2v) is 5.79. The number of nitrogens with one attached hydrogen (secondary N) is 1. The fourth-order valence-electron chi connectivity index (χ4n) is 2.40. The van der Waals surface area contributed by atoms with E-state index < -0.39 is 5.91 Å². The molecule has 1 saturated heterocycles. The molecular weight excluding hydrogens is 270 g/mol. The maximum absolute atomic E-state index is 12.7. The van der Waals surface area contributed by atoms with Crippen LogP contribution in [0.3, 0.4) is 0 Å². The fourth-order valence-corrected chi connectivity index (χ4v) is 2.40. The van der Waals surface area contributed by atoms with Gasteiger partial charge in [-0.2, -0.15) is 0 Å². The first-order valence-corrected chi connectivity index (χ1v) is 6.93. The molecule has 0 aromatic heterocycles. The minimum Gasteiger partial charge on any atom is -0.483 e. The third-order valence-electron chi connectivity index (χ3n) is 3.35. The molecule has 2 rings (SSSR count). The van der Waals surface area contributed by atoms with Crippen LogP contribution < -0.4 is 15.8 Å². The maximum Gasteiger partial charge on any atom is 0.257 e. The zero-order chi connectivity index (χ0) is 15.5. The SMILES string of the molecule is CC1(C)CN(C(=O)c2ccccc2OCC(N)=O)CCN1. The molecule has 1 heterocycles. The number of primary amides is 1. The summed E-state index contributed by atoms with van der Waals surface area (Å²) in [4.78, 5) is 25.3. The summed E-state index contributed by atoms with van der Waals surface area (Å²) in [5.41, 5.74) is 5.42. The molecule has 3 N–H and O–H groups in total. The number of amides is 2. The molecule has 0 bridgehead atoms. The second kappa shape index (κ2) is 6.13. The van der Waals surface area contributed by atoms with Crippen LogP contribution in [-0.2, 0) is 4.79 Å². The summed E-state index contributed by atoms with van der Waals surface area (Å²) in [5.74, 6) is -0.275. The van der Waals surface area contributed by atoms with Gasteiger partial charge in [0.05, 0.1) is 5.56 Å². The quantitative estimate of drug-likeness (QED) is 0.839. The average Bonchev–Trinajstić information content (AvgIpc) is 2.43. The van der Waals surface area contributed by atoms with E-state index >= 15 is 0 Å². The van der Waals surface area contributed by atoms with E-state index in [4.69, 9.17) is 10.5 Å². The number of piperazine rings is 1. The minimum absolute atomic E-state index is 0.0929. The number of hydrogen-bond acceptors (Lipinski definition) is 4. The highest BCUT2D eigenvalue weighted by molar-refractivity contribution is 5.97. The van der Waals surface area contributed by atoms with Crippen molar-refractivity contribution in [2.45, 2.75) is 19.4 Å². The van der Waals surface area contributed by atoms with Gasteiger partial charge in [-0.05, 0) is 26.0 Å². The molecule has 1 aromatic carbocycles. The van der Waals surface area contributed by atoms with Crippen LogP contribution in [0, 0.1) is 0 Å². The molecule has 0 radical (unpaired) electrons. The summed E-state index contributed by atoms with van der Waals surface area (Å²) in [5, 5.41) is 3.36. The molecule has 6 heteroatoms. The van der Waals surface area contributed by atoms with Crippen molar-refractivity contribution in [3.8, 4) is 5.75 Å². The van der Waals surface area contributed by atoms with Crippen LogP contribution in [-0.4, -0.2) is 48.5 Å². The molecule has 0 unspecified atom stereocenters. The molecule has 1 fully saturated rings. The van der Waals surface area contributed by atoms with Gasteiger partial charge in [0, 0.05) is 25.2 Å². The Morgan fingerprint density at radius 2 is 2.10 bits per heavy atom. The predicted molar refractivity (Wildman–Crippen MR) is 79.1 cm³/mol. The van der Waals surface area contributed by atoms with Crippen molar-refractivity contribution in [3.05, 3.63) is 29.8 Å². The average molecular weight is 291 g/mol. The van der Waals surface area contributed by atoms with Crippen molar-refractivity contribution in [2.75, 3.05) is 26.2 Å². The zero-order valence-electron chi connectivity index (χ0n) is 12.4. The van der Waals surface area contributed by atoms with Crippen LogP contribution in [0.4, 0.5) is 0 Å². The lowest BCUT2D eigenvalue weighted by atomic mass is 10.0. The maximum atomic E-state index is 12.7. The van der Waals surface area contributed by atoms with Gasteiger partial charge in [0.2, 0.25) is 0 Å². The van der Waals surface area contributed by atoms with E-state index in [1.54, 1.807) is 29.2 Å². The predicted octanol–water partition coefficient (Wildman–Crippen LogP) is 0.375.